The molecule has 50 valence electrons. The van der Waals surface area contributed by atoms with Gasteiger partial charge in [-0.1, -0.05) is 0 Å². The first-order valence-electron chi connectivity index (χ1n) is 2.85. The van der Waals surface area contributed by atoms with Crippen LogP contribution in [0.5, 0.6) is 0 Å². The molecular weight excluding hydrogens is 194 g/mol. The van der Waals surface area contributed by atoms with E-state index in [1.54, 1.807) is 12.5 Å². The van der Waals surface area contributed by atoms with Crippen molar-refractivity contribution in [3.63, 3.8) is 0 Å². The number of aromatic nitrogens is 1. The number of hydrogen-bond donors (Lipinski definition) is 0. The maximum Gasteiger partial charge on any atom is 0.153 e. The van der Waals surface area contributed by atoms with Gasteiger partial charge in [-0.25, -0.2) is 0 Å². The Morgan fingerprint density at radius 3 is 3.30 bits per heavy atom. The summed E-state index contributed by atoms with van der Waals surface area (Å²) in [6, 6.07) is 3.73. The molecule has 2 aromatic heterocycles. The fourth-order valence-corrected chi connectivity index (χ4v) is 1.13. The Balaban J connectivity index is 2.86. The average Bonchev–Trinajstić information content (AvgIpc) is 2.33. The van der Waals surface area contributed by atoms with Crippen molar-refractivity contribution in [2.45, 2.75) is 0 Å². The Morgan fingerprint density at radius 2 is 2.40 bits per heavy atom. The molecule has 0 spiro atoms. The number of nitrogens with zero attached hydrogens (tertiary/aromatic N) is 1. The molecule has 10 heavy (non-hydrogen) atoms. The molecule has 2 nitrogen and oxygen atoms in total. The highest BCUT2D eigenvalue weighted by Crippen LogP contribution is 2.16. The summed E-state index contributed by atoms with van der Waals surface area (Å²) in [7, 11) is 0. The molecule has 0 saturated heterocycles. The summed E-state index contributed by atoms with van der Waals surface area (Å²) >= 11 is 3.29. The van der Waals surface area contributed by atoms with Crippen LogP contribution in [0.2, 0.25) is 0 Å². The summed E-state index contributed by atoms with van der Waals surface area (Å²) in [6.45, 7) is 0. The first-order valence-corrected chi connectivity index (χ1v) is 3.64. The zero-order valence-electron chi connectivity index (χ0n) is 5.04. The number of pyridine rings is 1. The third-order valence-corrected chi connectivity index (χ3v) is 1.70. The minimum Gasteiger partial charge on any atom is -0.463 e. The third kappa shape index (κ3) is 0.827. The van der Waals surface area contributed by atoms with Crippen LogP contribution in [0, 0.1) is 0 Å². The van der Waals surface area contributed by atoms with Gasteiger partial charge >= 0.3 is 0 Å². The molecule has 0 aliphatic heterocycles. The van der Waals surface area contributed by atoms with E-state index in [1.807, 2.05) is 12.1 Å². The second kappa shape index (κ2) is 2.09. The van der Waals surface area contributed by atoms with Crippen molar-refractivity contribution in [3.8, 4) is 0 Å². The Morgan fingerprint density at radius 1 is 1.50 bits per heavy atom. The van der Waals surface area contributed by atoms with Crippen LogP contribution < -0.4 is 0 Å². The van der Waals surface area contributed by atoms with E-state index < -0.39 is 0 Å². The molecule has 0 amide bonds. The topological polar surface area (TPSA) is 26.0 Å². The summed E-state index contributed by atoms with van der Waals surface area (Å²) in [6.07, 6.45) is 3.38. The van der Waals surface area contributed by atoms with E-state index in [4.69, 9.17) is 4.42 Å². The van der Waals surface area contributed by atoms with Gasteiger partial charge in [-0.2, -0.15) is 0 Å². The van der Waals surface area contributed by atoms with E-state index in [1.165, 1.54) is 0 Å². The molecule has 2 heterocycles. The molecule has 0 N–H and O–H groups in total. The van der Waals surface area contributed by atoms with Crippen LogP contribution in [0.4, 0.5) is 0 Å². The van der Waals surface area contributed by atoms with Crippen molar-refractivity contribution < 1.29 is 4.42 Å². The van der Waals surface area contributed by atoms with Gasteiger partial charge in [0, 0.05) is 16.7 Å². The van der Waals surface area contributed by atoms with Crippen LogP contribution in [0.1, 0.15) is 0 Å². The number of furan rings is 1. The van der Waals surface area contributed by atoms with Crippen molar-refractivity contribution in [2.75, 3.05) is 0 Å². The first-order chi connectivity index (χ1) is 4.86. The van der Waals surface area contributed by atoms with E-state index in [0.29, 0.717) is 0 Å². The van der Waals surface area contributed by atoms with Gasteiger partial charge in [-0.3, -0.25) is 4.98 Å². The van der Waals surface area contributed by atoms with Crippen LogP contribution in [0.3, 0.4) is 0 Å². The third-order valence-electron chi connectivity index (χ3n) is 1.27. The van der Waals surface area contributed by atoms with Gasteiger partial charge in [0.15, 0.2) is 5.58 Å². The molecule has 0 aromatic carbocycles. The maximum absolute atomic E-state index is 5.11. The standard InChI is InChI=1S/C7H4BrNO/c8-5-3-7-6(9-4-5)1-2-10-7/h1-4H. The van der Waals surface area contributed by atoms with Gasteiger partial charge in [-0.15, -0.1) is 0 Å². The summed E-state index contributed by atoms with van der Waals surface area (Å²) in [5.41, 5.74) is 1.71. The van der Waals surface area contributed by atoms with Crippen LogP contribution in [-0.4, -0.2) is 4.98 Å². The SMILES string of the molecule is Brc1cnc2ccoc2c1. The highest BCUT2D eigenvalue weighted by Gasteiger charge is 1.96. The van der Waals surface area contributed by atoms with E-state index in [0.717, 1.165) is 15.6 Å². The van der Waals surface area contributed by atoms with Crippen molar-refractivity contribution in [3.05, 3.63) is 29.1 Å². The summed E-state index contributed by atoms with van der Waals surface area (Å²) in [5.74, 6) is 0. The molecule has 0 bridgehead atoms. The summed E-state index contributed by atoms with van der Waals surface area (Å²) < 4.78 is 6.05. The van der Waals surface area contributed by atoms with E-state index in [-0.39, 0.29) is 0 Å². The Kier molecular flexibility index (Phi) is 1.24. The average molecular weight is 198 g/mol. The van der Waals surface area contributed by atoms with E-state index in [2.05, 4.69) is 20.9 Å². The highest BCUT2D eigenvalue weighted by molar-refractivity contribution is 9.10. The maximum atomic E-state index is 5.11. The van der Waals surface area contributed by atoms with Gasteiger partial charge in [0.25, 0.3) is 0 Å². The quantitative estimate of drug-likeness (QED) is 0.650. The number of rotatable bonds is 0. The fourth-order valence-electron chi connectivity index (χ4n) is 0.823. The summed E-state index contributed by atoms with van der Waals surface area (Å²) in [5, 5.41) is 0. The molecule has 2 rings (SSSR count). The predicted molar refractivity (Wildman–Crippen MR) is 41.7 cm³/mol. The van der Waals surface area contributed by atoms with Gasteiger partial charge in [-0.05, 0) is 22.0 Å². The van der Waals surface area contributed by atoms with Crippen LogP contribution in [-0.2, 0) is 0 Å². The lowest BCUT2D eigenvalue weighted by atomic mass is 10.4. The van der Waals surface area contributed by atoms with Gasteiger partial charge in [0.05, 0.1) is 6.26 Å². The minimum atomic E-state index is 0.814. The molecule has 3 heteroatoms. The molecule has 0 saturated carbocycles. The zero-order chi connectivity index (χ0) is 6.97. The van der Waals surface area contributed by atoms with Crippen LogP contribution in [0.15, 0.2) is 33.5 Å². The minimum absolute atomic E-state index is 0.814. The predicted octanol–water partition coefficient (Wildman–Crippen LogP) is 2.59. The lowest BCUT2D eigenvalue weighted by Crippen LogP contribution is -1.70. The first kappa shape index (κ1) is 5.92. The van der Waals surface area contributed by atoms with Crippen LogP contribution in [0.25, 0.3) is 11.1 Å². The summed E-state index contributed by atoms with van der Waals surface area (Å²) in [4.78, 5) is 4.10. The largest absolute Gasteiger partial charge is 0.463 e. The molecule has 0 aliphatic carbocycles. The second-order valence-corrected chi connectivity index (χ2v) is 2.87. The van der Waals surface area contributed by atoms with E-state index >= 15 is 0 Å². The highest BCUT2D eigenvalue weighted by atomic mass is 79.9. The number of fused-ring (bicyclic) bond motifs is 1. The van der Waals surface area contributed by atoms with Crippen molar-refractivity contribution in [1.82, 2.24) is 4.98 Å². The second-order valence-electron chi connectivity index (χ2n) is 1.96. The molecule has 0 unspecified atom stereocenters. The lowest BCUT2D eigenvalue weighted by molar-refractivity contribution is 0.615. The monoisotopic (exact) mass is 197 g/mol. The van der Waals surface area contributed by atoms with Gasteiger partial charge in [0.2, 0.25) is 0 Å². The van der Waals surface area contributed by atoms with Crippen molar-refractivity contribution >= 4 is 27.0 Å². The normalized spacial score (nSPS) is 10.5. The van der Waals surface area contributed by atoms with Gasteiger partial charge in [0.1, 0.15) is 5.52 Å². The Bertz CT molecular complexity index is 355. The van der Waals surface area contributed by atoms with Crippen LogP contribution >= 0.6 is 15.9 Å². The zero-order valence-corrected chi connectivity index (χ0v) is 6.63. The molecule has 0 atom stereocenters. The molecule has 2 aromatic rings. The van der Waals surface area contributed by atoms with Gasteiger partial charge < -0.3 is 4.42 Å². The fraction of sp³-hybridized carbons (Fsp3) is 0. The van der Waals surface area contributed by atoms with Crippen molar-refractivity contribution in [2.24, 2.45) is 0 Å². The number of hydrogen-bond acceptors (Lipinski definition) is 2. The molecule has 0 aliphatic rings. The molecule has 0 fully saturated rings. The number of halogens is 1. The Labute approximate surface area is 66.0 Å². The van der Waals surface area contributed by atoms with Crippen molar-refractivity contribution in [1.29, 1.82) is 0 Å². The molecular formula is C7H4BrNO. The van der Waals surface area contributed by atoms with E-state index in [9.17, 15) is 0 Å². The lowest BCUT2D eigenvalue weighted by Gasteiger charge is -1.86. The Hall–Kier alpha value is -0.830. The molecule has 0 radical (unpaired) electrons. The smallest absolute Gasteiger partial charge is 0.153 e.